The van der Waals surface area contributed by atoms with E-state index in [0.29, 0.717) is 12.8 Å². The van der Waals surface area contributed by atoms with Gasteiger partial charge in [-0.25, -0.2) is 0 Å². The maximum Gasteiger partial charge on any atom is 0.303 e. The fraction of sp³-hybridized carbons (Fsp3) is 0.857. The standard InChI is InChI=1S/C28H44O11/c1-8-26(5)11-14(31)21-27(6)16(38-24-19(34)18(33)17(32)15(12-29)37-24)9-10-25(3,4)22(27)20(36-13(2)30)23(35)28(21,7)39-26/h8,15-24,29,32-35H,1,9-12H2,2-7H3/t15-,16+,17-,18+,19-,20+,21-,22+,23+,24+,26+,27-,28+/m1/s1. The van der Waals surface area contributed by atoms with Crippen molar-refractivity contribution in [2.45, 2.75) is 121 Å². The molecule has 0 unspecified atom stereocenters. The predicted octanol–water partition coefficient (Wildman–Crippen LogP) is 0.229. The third kappa shape index (κ3) is 4.68. The van der Waals surface area contributed by atoms with Gasteiger partial charge in [0.05, 0.1) is 24.2 Å². The van der Waals surface area contributed by atoms with Gasteiger partial charge in [0.25, 0.3) is 0 Å². The lowest BCUT2D eigenvalue weighted by Gasteiger charge is -2.68. The van der Waals surface area contributed by atoms with E-state index in [1.54, 1.807) is 13.8 Å². The molecule has 0 aromatic heterocycles. The van der Waals surface area contributed by atoms with Gasteiger partial charge in [-0.1, -0.05) is 26.8 Å². The van der Waals surface area contributed by atoms with Gasteiger partial charge in [-0.05, 0) is 32.1 Å². The highest BCUT2D eigenvalue weighted by atomic mass is 16.7. The van der Waals surface area contributed by atoms with E-state index in [9.17, 15) is 35.1 Å². The molecule has 4 rings (SSSR count). The van der Waals surface area contributed by atoms with Crippen LogP contribution in [0, 0.1) is 22.7 Å². The first-order chi connectivity index (χ1) is 18.0. The Morgan fingerprint density at radius 3 is 2.31 bits per heavy atom. The zero-order valence-corrected chi connectivity index (χ0v) is 23.6. The SMILES string of the molecule is C=C[C@@]1(C)CC(=O)[C@H]2[C@](C)(O1)[C@@H](O)[C@@H](OC(C)=O)[C@H]1C(C)(C)CC[C@H](O[C@@H]3O[C@H](CO)[C@@H](O)[C@H](O)[C@H]3O)[C@@]12C. The van der Waals surface area contributed by atoms with Gasteiger partial charge >= 0.3 is 5.97 Å². The van der Waals surface area contributed by atoms with Crippen LogP contribution in [0.5, 0.6) is 0 Å². The Hall–Kier alpha value is -1.44. The van der Waals surface area contributed by atoms with Crippen LogP contribution < -0.4 is 0 Å². The Morgan fingerprint density at radius 2 is 1.74 bits per heavy atom. The van der Waals surface area contributed by atoms with Crippen LogP contribution in [0.2, 0.25) is 0 Å². The molecule has 2 aliphatic heterocycles. The number of fused-ring (bicyclic) bond motifs is 3. The minimum Gasteiger partial charge on any atom is -0.459 e. The molecule has 0 bridgehead atoms. The van der Waals surface area contributed by atoms with Gasteiger partial charge in [0.15, 0.2) is 6.29 Å². The van der Waals surface area contributed by atoms with Crippen molar-refractivity contribution in [2.24, 2.45) is 22.7 Å². The highest BCUT2D eigenvalue weighted by Crippen LogP contribution is 2.66. The molecular formula is C28H44O11. The van der Waals surface area contributed by atoms with Crippen LogP contribution in [0.4, 0.5) is 0 Å². The third-order valence-corrected chi connectivity index (χ3v) is 9.86. The monoisotopic (exact) mass is 556 g/mol. The number of hydrogen-bond donors (Lipinski definition) is 5. The molecule has 0 aromatic carbocycles. The molecule has 0 radical (unpaired) electrons. The minimum absolute atomic E-state index is 0.0111. The molecule has 5 N–H and O–H groups in total. The van der Waals surface area contributed by atoms with E-state index in [4.69, 9.17) is 18.9 Å². The topological polar surface area (TPSA) is 172 Å². The molecule has 0 amide bonds. The highest BCUT2D eigenvalue weighted by molar-refractivity contribution is 5.86. The van der Waals surface area contributed by atoms with Gasteiger partial charge < -0.3 is 44.5 Å². The Balaban J connectivity index is 1.84. The molecule has 11 heteroatoms. The van der Waals surface area contributed by atoms with Crippen molar-refractivity contribution in [2.75, 3.05) is 6.61 Å². The molecule has 11 nitrogen and oxygen atoms in total. The van der Waals surface area contributed by atoms with Crippen molar-refractivity contribution in [1.82, 2.24) is 0 Å². The molecule has 2 saturated carbocycles. The van der Waals surface area contributed by atoms with Crippen LogP contribution in [-0.4, -0.2) is 104 Å². The number of carbonyl (C=O) groups excluding carboxylic acids is 2. The Morgan fingerprint density at radius 1 is 1.10 bits per heavy atom. The predicted molar refractivity (Wildman–Crippen MR) is 136 cm³/mol. The smallest absolute Gasteiger partial charge is 0.303 e. The fourth-order valence-corrected chi connectivity index (χ4v) is 8.24. The van der Waals surface area contributed by atoms with E-state index in [-0.39, 0.29) is 12.2 Å². The van der Waals surface area contributed by atoms with Crippen molar-refractivity contribution in [1.29, 1.82) is 0 Å². The number of ketones is 1. The normalized spacial score (nSPS) is 51.4. The average Bonchev–Trinajstić information content (AvgIpc) is 2.83. The zero-order valence-electron chi connectivity index (χ0n) is 23.6. The molecule has 0 spiro atoms. The number of esters is 1. The molecule has 4 fully saturated rings. The van der Waals surface area contributed by atoms with Crippen molar-refractivity contribution in [3.8, 4) is 0 Å². The number of rotatable bonds is 5. The molecule has 2 heterocycles. The molecule has 39 heavy (non-hydrogen) atoms. The minimum atomic E-state index is -1.63. The lowest BCUT2D eigenvalue weighted by Crippen LogP contribution is -2.78. The first kappa shape index (κ1) is 30.5. The first-order valence-corrected chi connectivity index (χ1v) is 13.6. The summed E-state index contributed by atoms with van der Waals surface area (Å²) in [4.78, 5) is 26.4. The third-order valence-electron chi connectivity index (χ3n) is 9.86. The molecule has 222 valence electrons. The second-order valence-electron chi connectivity index (χ2n) is 13.1. The number of Topliss-reactive ketones (excluding diaryl/α,β-unsaturated/α-hetero) is 1. The summed E-state index contributed by atoms with van der Waals surface area (Å²) in [7, 11) is 0. The van der Waals surface area contributed by atoms with E-state index in [1.165, 1.54) is 13.0 Å². The molecule has 2 aliphatic carbocycles. The second-order valence-corrected chi connectivity index (χ2v) is 13.1. The number of aliphatic hydroxyl groups is 5. The molecule has 2 saturated heterocycles. The number of aliphatic hydroxyl groups excluding tert-OH is 5. The van der Waals surface area contributed by atoms with Crippen molar-refractivity contribution in [3.05, 3.63) is 12.7 Å². The summed E-state index contributed by atoms with van der Waals surface area (Å²) in [6, 6.07) is 0. The van der Waals surface area contributed by atoms with Gasteiger partial charge in [-0.3, -0.25) is 9.59 Å². The van der Waals surface area contributed by atoms with Gasteiger partial charge in [0, 0.05) is 24.7 Å². The molecule has 0 aromatic rings. The van der Waals surface area contributed by atoms with E-state index >= 15 is 0 Å². The maximum atomic E-state index is 14.1. The lowest BCUT2D eigenvalue weighted by atomic mass is 9.41. The van der Waals surface area contributed by atoms with Crippen LogP contribution >= 0.6 is 0 Å². The summed E-state index contributed by atoms with van der Waals surface area (Å²) in [6.07, 6.45) is -8.08. The quantitative estimate of drug-likeness (QED) is 0.232. The van der Waals surface area contributed by atoms with Crippen molar-refractivity contribution in [3.63, 3.8) is 0 Å². The van der Waals surface area contributed by atoms with Gasteiger partial charge in [0.2, 0.25) is 0 Å². The van der Waals surface area contributed by atoms with Crippen LogP contribution in [0.15, 0.2) is 12.7 Å². The van der Waals surface area contributed by atoms with Gasteiger partial charge in [0.1, 0.15) is 48.0 Å². The van der Waals surface area contributed by atoms with Gasteiger partial charge in [-0.15, -0.1) is 6.58 Å². The maximum absolute atomic E-state index is 14.1. The summed E-state index contributed by atoms with van der Waals surface area (Å²) in [5.41, 5.74) is -4.18. The Kier molecular flexibility index (Phi) is 7.93. The van der Waals surface area contributed by atoms with E-state index < -0.39 is 95.5 Å². The zero-order chi connectivity index (χ0) is 29.3. The van der Waals surface area contributed by atoms with E-state index in [1.807, 2.05) is 20.8 Å². The first-order valence-electron chi connectivity index (χ1n) is 13.6. The van der Waals surface area contributed by atoms with Crippen LogP contribution in [0.3, 0.4) is 0 Å². The number of ether oxygens (including phenoxy) is 4. The van der Waals surface area contributed by atoms with Crippen LogP contribution in [0.25, 0.3) is 0 Å². The average molecular weight is 557 g/mol. The molecule has 4 aliphatic rings. The number of carbonyl (C=O) groups is 2. The summed E-state index contributed by atoms with van der Waals surface area (Å²) in [6.45, 7) is 13.7. The lowest BCUT2D eigenvalue weighted by molar-refractivity contribution is -0.357. The highest BCUT2D eigenvalue weighted by Gasteiger charge is 2.74. The summed E-state index contributed by atoms with van der Waals surface area (Å²) < 4.78 is 24.3. The summed E-state index contributed by atoms with van der Waals surface area (Å²) >= 11 is 0. The Bertz CT molecular complexity index is 983. The van der Waals surface area contributed by atoms with Crippen LogP contribution in [0.1, 0.15) is 60.8 Å². The van der Waals surface area contributed by atoms with E-state index in [2.05, 4.69) is 6.58 Å². The second kappa shape index (κ2) is 10.1. The van der Waals surface area contributed by atoms with Crippen LogP contribution in [-0.2, 0) is 28.5 Å². The Labute approximate surface area is 229 Å². The summed E-state index contributed by atoms with van der Waals surface area (Å²) in [5, 5.41) is 52.8. The molecule has 13 atom stereocenters. The van der Waals surface area contributed by atoms with Crippen molar-refractivity contribution < 1.29 is 54.1 Å². The van der Waals surface area contributed by atoms with Gasteiger partial charge in [-0.2, -0.15) is 0 Å². The molecular weight excluding hydrogens is 512 g/mol. The largest absolute Gasteiger partial charge is 0.459 e. The summed E-state index contributed by atoms with van der Waals surface area (Å²) in [5.74, 6) is -2.24. The van der Waals surface area contributed by atoms with Crippen molar-refractivity contribution >= 4 is 11.8 Å². The number of hydrogen-bond acceptors (Lipinski definition) is 11. The van der Waals surface area contributed by atoms with E-state index in [0.717, 1.165) is 0 Å². The fourth-order valence-electron chi connectivity index (χ4n) is 8.24.